The van der Waals surface area contributed by atoms with E-state index >= 15 is 0 Å². The summed E-state index contributed by atoms with van der Waals surface area (Å²) in [6, 6.07) is 10.8. The van der Waals surface area contributed by atoms with Crippen molar-refractivity contribution in [1.29, 1.82) is 0 Å². The van der Waals surface area contributed by atoms with Gasteiger partial charge in [0.1, 0.15) is 0 Å². The monoisotopic (exact) mass is 309 g/mol. The molecule has 0 saturated carbocycles. The van der Waals surface area contributed by atoms with Gasteiger partial charge in [-0.15, -0.1) is 0 Å². The van der Waals surface area contributed by atoms with Gasteiger partial charge in [-0.2, -0.15) is 0 Å². The van der Waals surface area contributed by atoms with E-state index in [0.29, 0.717) is 17.8 Å². The molecule has 5 heteroatoms. The third kappa shape index (κ3) is 5.07. The second-order valence-corrected chi connectivity index (χ2v) is 4.88. The van der Waals surface area contributed by atoms with Crippen LogP contribution in [0.3, 0.4) is 0 Å². The summed E-state index contributed by atoms with van der Waals surface area (Å²) in [5.41, 5.74) is 1.99. The van der Waals surface area contributed by atoms with Gasteiger partial charge in [-0.1, -0.05) is 31.2 Å². The number of nitrogens with zero attached hydrogens (tertiary/aromatic N) is 1. The Bertz CT molecular complexity index is 696. The van der Waals surface area contributed by atoms with Crippen LogP contribution in [0.4, 0.5) is 5.69 Å². The number of anilines is 1. The van der Waals surface area contributed by atoms with Gasteiger partial charge in [0.15, 0.2) is 0 Å². The van der Waals surface area contributed by atoms with E-state index in [1.54, 1.807) is 30.5 Å². The van der Waals surface area contributed by atoms with Crippen LogP contribution >= 0.6 is 0 Å². The van der Waals surface area contributed by atoms with E-state index in [4.69, 9.17) is 0 Å². The molecule has 1 heterocycles. The van der Waals surface area contributed by atoms with Gasteiger partial charge in [-0.05, 0) is 36.3 Å². The highest BCUT2D eigenvalue weighted by atomic mass is 16.2. The Hall–Kier alpha value is -2.95. The van der Waals surface area contributed by atoms with E-state index in [0.717, 1.165) is 12.0 Å². The van der Waals surface area contributed by atoms with Gasteiger partial charge in [0, 0.05) is 24.6 Å². The Kier molecular flexibility index (Phi) is 6.06. The third-order valence-electron chi connectivity index (χ3n) is 3.15. The molecule has 2 amide bonds. The second kappa shape index (κ2) is 8.48. The fraction of sp³-hybridized carbons (Fsp3) is 0.167. The summed E-state index contributed by atoms with van der Waals surface area (Å²) >= 11 is 0. The Balaban J connectivity index is 2.04. The third-order valence-corrected chi connectivity index (χ3v) is 3.15. The van der Waals surface area contributed by atoms with E-state index in [9.17, 15) is 9.59 Å². The molecular weight excluding hydrogens is 290 g/mol. The van der Waals surface area contributed by atoms with Crippen LogP contribution in [0.2, 0.25) is 0 Å². The molecule has 2 N–H and O–H groups in total. The standard InChI is InChI=1S/C18H19N3O2/c1-2-3-10-17(22)20-13-14-7-4-5-9-16(14)21-18(23)15-8-6-11-19-12-15/h3-12H,2,13H2,1H3,(H,20,22)(H,21,23)/b10-3+. The fourth-order valence-corrected chi connectivity index (χ4v) is 1.95. The first kappa shape index (κ1) is 16.4. The van der Waals surface area contributed by atoms with Gasteiger partial charge >= 0.3 is 0 Å². The summed E-state index contributed by atoms with van der Waals surface area (Å²) in [5, 5.41) is 5.64. The van der Waals surface area contributed by atoms with Crippen molar-refractivity contribution in [2.24, 2.45) is 0 Å². The number of hydrogen-bond acceptors (Lipinski definition) is 3. The summed E-state index contributed by atoms with van der Waals surface area (Å²) in [6.45, 7) is 2.31. The fourth-order valence-electron chi connectivity index (χ4n) is 1.95. The molecule has 0 aliphatic carbocycles. The molecule has 0 fully saturated rings. The molecule has 0 radical (unpaired) electrons. The number of carbonyl (C=O) groups excluding carboxylic acids is 2. The number of carbonyl (C=O) groups is 2. The van der Waals surface area contributed by atoms with Crippen LogP contribution in [0.1, 0.15) is 29.3 Å². The van der Waals surface area contributed by atoms with Crippen LogP contribution in [0.15, 0.2) is 60.9 Å². The largest absolute Gasteiger partial charge is 0.348 e. The van der Waals surface area contributed by atoms with Gasteiger partial charge in [0.25, 0.3) is 5.91 Å². The molecule has 0 spiro atoms. The summed E-state index contributed by atoms with van der Waals surface area (Å²) in [6.07, 6.45) is 7.24. The van der Waals surface area contributed by atoms with Gasteiger partial charge < -0.3 is 10.6 Å². The quantitative estimate of drug-likeness (QED) is 0.806. The molecule has 23 heavy (non-hydrogen) atoms. The maximum Gasteiger partial charge on any atom is 0.257 e. The second-order valence-electron chi connectivity index (χ2n) is 4.88. The van der Waals surface area contributed by atoms with Crippen molar-refractivity contribution in [2.45, 2.75) is 19.9 Å². The van der Waals surface area contributed by atoms with Crippen molar-refractivity contribution in [1.82, 2.24) is 10.3 Å². The normalized spacial score (nSPS) is 10.5. The number of para-hydroxylation sites is 1. The van der Waals surface area contributed by atoms with Crippen molar-refractivity contribution in [2.75, 3.05) is 5.32 Å². The summed E-state index contributed by atoms with van der Waals surface area (Å²) in [4.78, 5) is 27.8. The molecule has 0 saturated heterocycles. The minimum atomic E-state index is -0.234. The van der Waals surface area contributed by atoms with Crippen molar-refractivity contribution in [3.05, 3.63) is 72.1 Å². The molecule has 2 aromatic rings. The number of pyridine rings is 1. The van der Waals surface area contributed by atoms with E-state index in [2.05, 4.69) is 15.6 Å². The SMILES string of the molecule is CC/C=C/C(=O)NCc1ccccc1NC(=O)c1cccnc1. The summed E-state index contributed by atoms with van der Waals surface area (Å²) < 4.78 is 0. The minimum absolute atomic E-state index is 0.153. The Morgan fingerprint density at radius 1 is 1.17 bits per heavy atom. The van der Waals surface area contributed by atoms with Crippen molar-refractivity contribution < 1.29 is 9.59 Å². The molecular formula is C18H19N3O2. The first-order chi connectivity index (χ1) is 11.2. The molecule has 1 aromatic heterocycles. The zero-order valence-electron chi connectivity index (χ0n) is 13.0. The highest BCUT2D eigenvalue weighted by Gasteiger charge is 2.09. The van der Waals surface area contributed by atoms with Crippen molar-refractivity contribution in [3.8, 4) is 0 Å². The first-order valence-corrected chi connectivity index (χ1v) is 7.44. The average molecular weight is 309 g/mol. The predicted molar refractivity (Wildman–Crippen MR) is 89.9 cm³/mol. The average Bonchev–Trinajstić information content (AvgIpc) is 2.60. The molecule has 0 atom stereocenters. The lowest BCUT2D eigenvalue weighted by Crippen LogP contribution is -2.22. The predicted octanol–water partition coefficient (Wildman–Crippen LogP) is 2.92. The van der Waals surface area contributed by atoms with E-state index in [1.165, 1.54) is 12.3 Å². The highest BCUT2D eigenvalue weighted by molar-refractivity contribution is 6.04. The molecule has 118 valence electrons. The van der Waals surface area contributed by atoms with E-state index < -0.39 is 0 Å². The van der Waals surface area contributed by atoms with Crippen LogP contribution in [-0.2, 0) is 11.3 Å². The minimum Gasteiger partial charge on any atom is -0.348 e. The smallest absolute Gasteiger partial charge is 0.257 e. The maximum absolute atomic E-state index is 12.2. The lowest BCUT2D eigenvalue weighted by Gasteiger charge is -2.11. The molecule has 5 nitrogen and oxygen atoms in total. The van der Waals surface area contributed by atoms with E-state index in [-0.39, 0.29) is 11.8 Å². The van der Waals surface area contributed by atoms with Gasteiger partial charge in [0.05, 0.1) is 5.56 Å². The Morgan fingerprint density at radius 3 is 2.74 bits per heavy atom. The molecule has 0 aliphatic rings. The number of amides is 2. The van der Waals surface area contributed by atoms with Crippen LogP contribution in [0.5, 0.6) is 0 Å². The first-order valence-electron chi connectivity index (χ1n) is 7.44. The summed E-state index contributed by atoms with van der Waals surface area (Å²) in [7, 11) is 0. The maximum atomic E-state index is 12.2. The van der Waals surface area contributed by atoms with Crippen LogP contribution in [0.25, 0.3) is 0 Å². The number of aromatic nitrogens is 1. The summed E-state index contributed by atoms with van der Waals surface area (Å²) in [5.74, 6) is -0.386. The van der Waals surface area contributed by atoms with E-state index in [1.807, 2.05) is 25.1 Å². The van der Waals surface area contributed by atoms with Gasteiger partial charge in [-0.25, -0.2) is 0 Å². The van der Waals surface area contributed by atoms with Crippen molar-refractivity contribution >= 4 is 17.5 Å². The topological polar surface area (TPSA) is 71.1 Å². The Labute approximate surface area is 135 Å². The van der Waals surface area contributed by atoms with Crippen molar-refractivity contribution in [3.63, 3.8) is 0 Å². The van der Waals surface area contributed by atoms with Crippen LogP contribution in [-0.4, -0.2) is 16.8 Å². The number of nitrogens with one attached hydrogen (secondary N) is 2. The molecule has 0 unspecified atom stereocenters. The molecule has 0 aliphatic heterocycles. The number of allylic oxidation sites excluding steroid dienone is 1. The lowest BCUT2D eigenvalue weighted by atomic mass is 10.1. The number of benzene rings is 1. The van der Waals surface area contributed by atoms with Crippen LogP contribution in [0, 0.1) is 0 Å². The zero-order valence-corrected chi connectivity index (χ0v) is 13.0. The lowest BCUT2D eigenvalue weighted by molar-refractivity contribution is -0.116. The van der Waals surface area contributed by atoms with Crippen LogP contribution < -0.4 is 10.6 Å². The number of rotatable bonds is 6. The number of hydrogen-bond donors (Lipinski definition) is 2. The highest BCUT2D eigenvalue weighted by Crippen LogP contribution is 2.16. The van der Waals surface area contributed by atoms with Gasteiger partial charge in [-0.3, -0.25) is 14.6 Å². The molecule has 1 aromatic carbocycles. The molecule has 0 bridgehead atoms. The molecule has 2 rings (SSSR count). The van der Waals surface area contributed by atoms with Gasteiger partial charge in [0.2, 0.25) is 5.91 Å². The Morgan fingerprint density at radius 2 is 2.00 bits per heavy atom. The zero-order chi connectivity index (χ0) is 16.5.